The molecule has 6 nitrogen and oxygen atoms in total. The number of nitrogens with one attached hydrogen (secondary N) is 1. The molecule has 0 aliphatic carbocycles. The maximum absolute atomic E-state index is 12.6. The van der Waals surface area contributed by atoms with Crippen molar-refractivity contribution in [2.75, 3.05) is 26.2 Å². The average Bonchev–Trinajstić information content (AvgIpc) is 3.29. The molecule has 9 heteroatoms. The lowest BCUT2D eigenvalue weighted by molar-refractivity contribution is 0.0771. The van der Waals surface area contributed by atoms with E-state index in [2.05, 4.69) is 10.5 Å². The number of aromatic nitrogens is 1. The number of carbonyl (C=O) groups excluding carboxylic acids is 1. The predicted octanol–water partition coefficient (Wildman–Crippen LogP) is 3.27. The number of carbonyl (C=O) groups is 1. The number of amides is 1. The first-order valence-corrected chi connectivity index (χ1v) is 8.90. The second kappa shape index (κ2) is 8.05. The Morgan fingerprint density at radius 3 is 2.58 bits per heavy atom. The number of rotatable bonds is 4. The third-order valence-electron chi connectivity index (χ3n) is 4.73. The molecular formula is C17H18Cl3N3O3. The Labute approximate surface area is 167 Å². The minimum Gasteiger partial charge on any atom is -0.482 e. The van der Waals surface area contributed by atoms with Gasteiger partial charge >= 0.3 is 0 Å². The Kier molecular flexibility index (Phi) is 5.97. The maximum atomic E-state index is 12.6. The zero-order chi connectivity index (χ0) is 17.4. The quantitative estimate of drug-likeness (QED) is 0.825. The lowest BCUT2D eigenvalue weighted by Crippen LogP contribution is -2.32. The summed E-state index contributed by atoms with van der Waals surface area (Å²) in [6.07, 6.45) is 0. The van der Waals surface area contributed by atoms with Crippen molar-refractivity contribution in [2.24, 2.45) is 11.8 Å². The van der Waals surface area contributed by atoms with Gasteiger partial charge in [-0.1, -0.05) is 34.4 Å². The van der Waals surface area contributed by atoms with Crippen LogP contribution in [0.3, 0.4) is 0 Å². The van der Waals surface area contributed by atoms with E-state index in [4.69, 9.17) is 32.5 Å². The van der Waals surface area contributed by atoms with Crippen LogP contribution in [0.4, 0.5) is 0 Å². The van der Waals surface area contributed by atoms with Crippen molar-refractivity contribution in [3.63, 3.8) is 0 Å². The molecule has 2 aliphatic rings. The monoisotopic (exact) mass is 417 g/mol. The van der Waals surface area contributed by atoms with E-state index in [-0.39, 0.29) is 24.9 Å². The number of fused-ring (bicyclic) bond motifs is 1. The normalized spacial score (nSPS) is 21.4. The highest BCUT2D eigenvalue weighted by Crippen LogP contribution is 2.33. The summed E-state index contributed by atoms with van der Waals surface area (Å²) in [6.45, 7) is 3.59. The van der Waals surface area contributed by atoms with Crippen LogP contribution in [0, 0.1) is 11.8 Å². The van der Waals surface area contributed by atoms with Crippen molar-refractivity contribution in [3.05, 3.63) is 45.8 Å². The van der Waals surface area contributed by atoms with Gasteiger partial charge in [0.2, 0.25) is 0 Å². The molecule has 1 amide bonds. The Bertz CT molecular complexity index is 766. The fourth-order valence-electron chi connectivity index (χ4n) is 3.43. The van der Waals surface area contributed by atoms with Crippen LogP contribution in [0.25, 0.3) is 0 Å². The Morgan fingerprint density at radius 2 is 1.92 bits per heavy atom. The molecular weight excluding hydrogens is 401 g/mol. The van der Waals surface area contributed by atoms with Crippen molar-refractivity contribution in [2.45, 2.75) is 6.61 Å². The Hall–Kier alpha value is -1.47. The van der Waals surface area contributed by atoms with Gasteiger partial charge in [-0.15, -0.1) is 12.4 Å². The van der Waals surface area contributed by atoms with E-state index in [0.717, 1.165) is 26.2 Å². The van der Waals surface area contributed by atoms with E-state index < -0.39 is 0 Å². The molecule has 0 saturated carbocycles. The van der Waals surface area contributed by atoms with Crippen molar-refractivity contribution in [1.29, 1.82) is 0 Å². The molecule has 0 spiro atoms. The fourth-order valence-corrected chi connectivity index (χ4v) is 3.94. The number of hydrogen-bond donors (Lipinski definition) is 1. The van der Waals surface area contributed by atoms with Crippen molar-refractivity contribution >= 4 is 41.5 Å². The summed E-state index contributed by atoms with van der Waals surface area (Å²) in [7, 11) is 0. The Balaban J connectivity index is 0.00000196. The molecule has 3 heterocycles. The molecule has 26 heavy (non-hydrogen) atoms. The van der Waals surface area contributed by atoms with E-state index in [1.165, 1.54) is 0 Å². The summed E-state index contributed by atoms with van der Waals surface area (Å²) < 4.78 is 10.8. The second-order valence-electron chi connectivity index (χ2n) is 6.41. The third kappa shape index (κ3) is 3.78. The van der Waals surface area contributed by atoms with Crippen LogP contribution in [-0.2, 0) is 6.61 Å². The largest absolute Gasteiger partial charge is 0.482 e. The van der Waals surface area contributed by atoms with E-state index >= 15 is 0 Å². The van der Waals surface area contributed by atoms with Gasteiger partial charge in [0, 0.05) is 32.2 Å². The van der Waals surface area contributed by atoms with E-state index in [1.54, 1.807) is 24.3 Å². The zero-order valence-electron chi connectivity index (χ0n) is 13.8. The third-order valence-corrected chi connectivity index (χ3v) is 5.33. The second-order valence-corrected chi connectivity index (χ2v) is 7.22. The molecule has 2 fully saturated rings. The average molecular weight is 419 g/mol. The predicted molar refractivity (Wildman–Crippen MR) is 100 cm³/mol. The first kappa shape index (κ1) is 19.3. The number of nitrogens with zero attached hydrogens (tertiary/aromatic N) is 2. The SMILES string of the molecule is Cl.O=C(c1cc(COc2c(Cl)cccc2Cl)on1)N1C[C@H]2CNC[C@H]2C1. The number of ether oxygens (including phenoxy) is 1. The first-order valence-electron chi connectivity index (χ1n) is 8.14. The molecule has 2 aromatic rings. The number of likely N-dealkylation sites (tertiary alicyclic amines) is 1. The molecule has 0 radical (unpaired) electrons. The minimum absolute atomic E-state index is 0. The van der Waals surface area contributed by atoms with Crippen molar-refractivity contribution in [1.82, 2.24) is 15.4 Å². The first-order chi connectivity index (χ1) is 12.1. The van der Waals surface area contributed by atoms with Gasteiger partial charge in [0.1, 0.15) is 6.61 Å². The van der Waals surface area contributed by atoms with Crippen LogP contribution in [0.5, 0.6) is 5.75 Å². The van der Waals surface area contributed by atoms with Crippen molar-refractivity contribution in [3.8, 4) is 5.75 Å². The Morgan fingerprint density at radius 1 is 1.27 bits per heavy atom. The van der Waals surface area contributed by atoms with Crippen LogP contribution in [0.15, 0.2) is 28.8 Å². The maximum Gasteiger partial charge on any atom is 0.276 e. The summed E-state index contributed by atoms with van der Waals surface area (Å²) in [5.74, 6) is 1.82. The van der Waals surface area contributed by atoms with Gasteiger partial charge in [-0.3, -0.25) is 4.79 Å². The summed E-state index contributed by atoms with van der Waals surface area (Å²) in [5.41, 5.74) is 0.303. The topological polar surface area (TPSA) is 67.6 Å². The van der Waals surface area contributed by atoms with E-state index in [9.17, 15) is 4.79 Å². The van der Waals surface area contributed by atoms with Crippen LogP contribution in [0.2, 0.25) is 10.0 Å². The number of benzene rings is 1. The molecule has 1 N–H and O–H groups in total. The van der Waals surface area contributed by atoms with Crippen LogP contribution in [0.1, 0.15) is 16.2 Å². The van der Waals surface area contributed by atoms with Gasteiger partial charge in [0.15, 0.2) is 17.2 Å². The van der Waals surface area contributed by atoms with Crippen LogP contribution >= 0.6 is 35.6 Å². The van der Waals surface area contributed by atoms with Crippen LogP contribution in [-0.4, -0.2) is 42.1 Å². The highest BCUT2D eigenvalue weighted by Gasteiger charge is 2.38. The van der Waals surface area contributed by atoms with Crippen molar-refractivity contribution < 1.29 is 14.1 Å². The van der Waals surface area contributed by atoms with Crippen LogP contribution < -0.4 is 10.1 Å². The lowest BCUT2D eigenvalue weighted by Gasteiger charge is -2.15. The summed E-state index contributed by atoms with van der Waals surface area (Å²) in [5, 5.41) is 8.08. The standard InChI is InChI=1S/C17H17Cl2N3O3.ClH/c18-13-2-1-3-14(19)16(13)24-9-12-4-15(21-25-12)17(23)22-7-10-5-20-6-11(10)8-22;/h1-4,10-11,20H,5-9H2;1H/t10-,11+;. The van der Waals surface area contributed by atoms with E-state index in [1.807, 2.05) is 4.90 Å². The van der Waals surface area contributed by atoms with Gasteiger partial charge < -0.3 is 19.5 Å². The zero-order valence-corrected chi connectivity index (χ0v) is 16.1. The molecule has 1 aromatic heterocycles. The number of hydrogen-bond acceptors (Lipinski definition) is 5. The van der Waals surface area contributed by atoms with E-state index in [0.29, 0.717) is 39.1 Å². The van der Waals surface area contributed by atoms with Gasteiger partial charge in [0.25, 0.3) is 5.91 Å². The molecule has 0 unspecified atom stereocenters. The summed E-state index contributed by atoms with van der Waals surface area (Å²) in [4.78, 5) is 14.4. The molecule has 4 rings (SSSR count). The molecule has 2 saturated heterocycles. The highest BCUT2D eigenvalue weighted by molar-refractivity contribution is 6.37. The fraction of sp³-hybridized carbons (Fsp3) is 0.412. The van der Waals surface area contributed by atoms with Gasteiger partial charge in [-0.25, -0.2) is 0 Å². The molecule has 0 bridgehead atoms. The molecule has 1 aromatic carbocycles. The smallest absolute Gasteiger partial charge is 0.276 e. The van der Waals surface area contributed by atoms with Gasteiger partial charge in [0.05, 0.1) is 10.0 Å². The van der Waals surface area contributed by atoms with Gasteiger partial charge in [-0.2, -0.15) is 0 Å². The summed E-state index contributed by atoms with van der Waals surface area (Å²) >= 11 is 12.1. The highest BCUT2D eigenvalue weighted by atomic mass is 35.5. The molecule has 2 atom stereocenters. The van der Waals surface area contributed by atoms with Gasteiger partial charge in [-0.05, 0) is 24.0 Å². The summed E-state index contributed by atoms with van der Waals surface area (Å²) in [6, 6.07) is 6.73. The lowest BCUT2D eigenvalue weighted by atomic mass is 10.0. The number of halogens is 3. The molecule has 140 valence electrons. The molecule has 2 aliphatic heterocycles. The minimum atomic E-state index is -0.0971. The number of para-hydroxylation sites is 1.